The van der Waals surface area contributed by atoms with Gasteiger partial charge in [0.15, 0.2) is 0 Å². The molecule has 0 saturated carbocycles. The van der Waals surface area contributed by atoms with Gasteiger partial charge < -0.3 is 9.72 Å². The van der Waals surface area contributed by atoms with Gasteiger partial charge in [-0.25, -0.2) is 4.98 Å². The first-order chi connectivity index (χ1) is 11.3. The van der Waals surface area contributed by atoms with Gasteiger partial charge in [0.2, 0.25) is 0 Å². The first-order valence-corrected chi connectivity index (χ1v) is 8.27. The van der Waals surface area contributed by atoms with E-state index in [0.717, 1.165) is 44.1 Å². The Labute approximate surface area is 136 Å². The quantitative estimate of drug-likeness (QED) is 0.807. The third-order valence-corrected chi connectivity index (χ3v) is 4.51. The highest BCUT2D eigenvalue weighted by atomic mass is 15.2. The molecule has 0 aliphatic carbocycles. The summed E-state index contributed by atoms with van der Waals surface area (Å²) in [5.41, 5.74) is 5.87. The third kappa shape index (κ3) is 2.87. The number of aromatic nitrogens is 2. The Hall–Kier alpha value is -2.17. The van der Waals surface area contributed by atoms with Crippen molar-refractivity contribution >= 4 is 5.65 Å². The van der Waals surface area contributed by atoms with Crippen LogP contribution in [0.3, 0.4) is 0 Å². The molecule has 1 saturated heterocycles. The Balaban J connectivity index is 1.81. The lowest BCUT2D eigenvalue weighted by Gasteiger charge is -2.27. The van der Waals surface area contributed by atoms with E-state index in [-0.39, 0.29) is 0 Å². The van der Waals surface area contributed by atoms with Crippen LogP contribution in [0.4, 0.5) is 0 Å². The fourth-order valence-electron chi connectivity index (χ4n) is 3.26. The molecule has 4 rings (SSSR count). The van der Waals surface area contributed by atoms with Crippen molar-refractivity contribution in [3.63, 3.8) is 0 Å². The maximum Gasteiger partial charge on any atom is 0.137 e. The molecular weight excluding hydrogens is 284 g/mol. The lowest BCUT2D eigenvalue weighted by atomic mass is 10.1. The summed E-state index contributed by atoms with van der Waals surface area (Å²) in [4.78, 5) is 7.44. The topological polar surface area (TPSA) is 32.6 Å². The maximum absolute atomic E-state index is 4.93. The van der Waals surface area contributed by atoms with Crippen LogP contribution >= 0.6 is 0 Å². The van der Waals surface area contributed by atoms with Crippen LogP contribution in [0.15, 0.2) is 48.7 Å². The highest BCUT2D eigenvalue weighted by Gasteiger charge is 2.18. The summed E-state index contributed by atoms with van der Waals surface area (Å²) in [6.45, 7) is 7.37. The molecule has 4 nitrogen and oxygen atoms in total. The number of fused-ring (bicyclic) bond motifs is 1. The summed E-state index contributed by atoms with van der Waals surface area (Å²) in [6, 6.07) is 14.8. The number of nitrogens with one attached hydrogen (secondary N) is 1. The minimum atomic E-state index is 0.941. The predicted molar refractivity (Wildman–Crippen MR) is 93.5 cm³/mol. The number of rotatable bonds is 3. The molecule has 1 N–H and O–H groups in total. The Morgan fingerprint density at radius 3 is 2.65 bits per heavy atom. The van der Waals surface area contributed by atoms with E-state index in [0.29, 0.717) is 0 Å². The number of pyridine rings is 1. The zero-order valence-electron chi connectivity index (χ0n) is 13.5. The number of hydrogen-bond acceptors (Lipinski definition) is 3. The molecular formula is C19H22N4. The Morgan fingerprint density at radius 2 is 1.87 bits per heavy atom. The maximum atomic E-state index is 4.93. The number of piperazine rings is 1. The summed E-state index contributed by atoms with van der Waals surface area (Å²) in [7, 11) is 0. The molecule has 1 fully saturated rings. The van der Waals surface area contributed by atoms with E-state index in [1.807, 2.05) is 0 Å². The SMILES string of the molecule is Cc1ccn2c(CN3CCNCC3)c(-c3ccccc3)nc2c1. The van der Waals surface area contributed by atoms with Gasteiger partial charge in [-0.1, -0.05) is 30.3 Å². The van der Waals surface area contributed by atoms with Gasteiger partial charge in [0.1, 0.15) is 5.65 Å². The summed E-state index contributed by atoms with van der Waals surface area (Å²) < 4.78 is 2.25. The predicted octanol–water partition coefficient (Wildman–Crippen LogP) is 2.71. The second kappa shape index (κ2) is 6.14. The normalized spacial score (nSPS) is 16.0. The van der Waals surface area contributed by atoms with Crippen LogP contribution in [0, 0.1) is 6.92 Å². The second-order valence-corrected chi connectivity index (χ2v) is 6.23. The average Bonchev–Trinajstić information content (AvgIpc) is 2.94. The van der Waals surface area contributed by atoms with E-state index < -0.39 is 0 Å². The van der Waals surface area contributed by atoms with E-state index in [4.69, 9.17) is 4.98 Å². The van der Waals surface area contributed by atoms with Crippen molar-refractivity contribution in [2.75, 3.05) is 26.2 Å². The highest BCUT2D eigenvalue weighted by molar-refractivity contribution is 5.66. The van der Waals surface area contributed by atoms with E-state index >= 15 is 0 Å². The van der Waals surface area contributed by atoms with Crippen LogP contribution in [-0.4, -0.2) is 40.5 Å². The fraction of sp³-hybridized carbons (Fsp3) is 0.316. The van der Waals surface area contributed by atoms with Crippen molar-refractivity contribution in [2.24, 2.45) is 0 Å². The molecule has 0 bridgehead atoms. The Kier molecular flexibility index (Phi) is 3.85. The summed E-state index contributed by atoms with van der Waals surface area (Å²) >= 11 is 0. The molecule has 0 amide bonds. The number of hydrogen-bond donors (Lipinski definition) is 1. The van der Waals surface area contributed by atoms with Gasteiger partial charge in [0.25, 0.3) is 0 Å². The molecule has 0 unspecified atom stereocenters. The number of imidazole rings is 1. The van der Waals surface area contributed by atoms with E-state index in [9.17, 15) is 0 Å². The van der Waals surface area contributed by atoms with Gasteiger partial charge in [-0.2, -0.15) is 0 Å². The van der Waals surface area contributed by atoms with Crippen molar-refractivity contribution in [3.8, 4) is 11.3 Å². The standard InChI is InChI=1S/C19H22N4/c1-15-7-10-23-17(14-22-11-8-20-9-12-22)19(21-18(23)13-15)16-5-3-2-4-6-16/h2-7,10,13,20H,8-9,11-12,14H2,1H3. The van der Waals surface area contributed by atoms with Crippen LogP contribution in [0.5, 0.6) is 0 Å². The molecule has 118 valence electrons. The van der Waals surface area contributed by atoms with Gasteiger partial charge in [-0.3, -0.25) is 4.90 Å². The van der Waals surface area contributed by atoms with Crippen molar-refractivity contribution < 1.29 is 0 Å². The minimum absolute atomic E-state index is 0.941. The Bertz CT molecular complexity index is 801. The van der Waals surface area contributed by atoms with Gasteiger partial charge in [-0.15, -0.1) is 0 Å². The molecule has 0 radical (unpaired) electrons. The van der Waals surface area contributed by atoms with Crippen LogP contribution in [0.1, 0.15) is 11.3 Å². The Morgan fingerprint density at radius 1 is 1.09 bits per heavy atom. The molecule has 1 aromatic carbocycles. The summed E-state index contributed by atoms with van der Waals surface area (Å²) in [5, 5.41) is 3.42. The van der Waals surface area contributed by atoms with Crippen LogP contribution in [-0.2, 0) is 6.54 Å². The molecule has 1 aliphatic heterocycles. The molecule has 0 atom stereocenters. The lowest BCUT2D eigenvalue weighted by molar-refractivity contribution is 0.230. The van der Waals surface area contributed by atoms with Crippen LogP contribution < -0.4 is 5.32 Å². The van der Waals surface area contributed by atoms with Crippen LogP contribution in [0.2, 0.25) is 0 Å². The van der Waals surface area contributed by atoms with E-state index in [1.54, 1.807) is 0 Å². The van der Waals surface area contributed by atoms with Crippen molar-refractivity contribution in [2.45, 2.75) is 13.5 Å². The fourth-order valence-corrected chi connectivity index (χ4v) is 3.26. The largest absolute Gasteiger partial charge is 0.314 e. The van der Waals surface area contributed by atoms with Crippen molar-refractivity contribution in [1.29, 1.82) is 0 Å². The molecule has 3 aromatic rings. The lowest BCUT2D eigenvalue weighted by Crippen LogP contribution is -2.43. The molecule has 3 heterocycles. The van der Waals surface area contributed by atoms with Gasteiger partial charge >= 0.3 is 0 Å². The monoisotopic (exact) mass is 306 g/mol. The number of aryl methyl sites for hydroxylation is 1. The molecule has 4 heteroatoms. The average molecular weight is 306 g/mol. The summed E-state index contributed by atoms with van der Waals surface area (Å²) in [5.74, 6) is 0. The number of benzene rings is 1. The van der Waals surface area contributed by atoms with Gasteiger partial charge in [0, 0.05) is 44.5 Å². The molecule has 0 spiro atoms. The van der Waals surface area contributed by atoms with Crippen molar-refractivity contribution in [3.05, 3.63) is 59.9 Å². The minimum Gasteiger partial charge on any atom is -0.314 e. The zero-order valence-corrected chi connectivity index (χ0v) is 13.5. The third-order valence-electron chi connectivity index (χ3n) is 4.51. The highest BCUT2D eigenvalue weighted by Crippen LogP contribution is 2.26. The van der Waals surface area contributed by atoms with Crippen LogP contribution in [0.25, 0.3) is 16.9 Å². The van der Waals surface area contributed by atoms with E-state index in [2.05, 4.69) is 70.2 Å². The first-order valence-electron chi connectivity index (χ1n) is 8.27. The van der Waals surface area contributed by atoms with Crippen molar-refractivity contribution in [1.82, 2.24) is 19.6 Å². The van der Waals surface area contributed by atoms with E-state index in [1.165, 1.54) is 16.8 Å². The number of nitrogens with zero attached hydrogens (tertiary/aromatic N) is 3. The zero-order chi connectivity index (χ0) is 15.6. The second-order valence-electron chi connectivity index (χ2n) is 6.23. The molecule has 1 aliphatic rings. The molecule has 2 aromatic heterocycles. The first kappa shape index (κ1) is 14.4. The van der Waals surface area contributed by atoms with Gasteiger partial charge in [0.05, 0.1) is 11.4 Å². The van der Waals surface area contributed by atoms with Gasteiger partial charge in [-0.05, 0) is 24.6 Å². The smallest absolute Gasteiger partial charge is 0.137 e. The molecule has 23 heavy (non-hydrogen) atoms. The summed E-state index contributed by atoms with van der Waals surface area (Å²) in [6.07, 6.45) is 2.15.